The van der Waals surface area contributed by atoms with Gasteiger partial charge in [-0.05, 0) is 12.1 Å². The van der Waals surface area contributed by atoms with E-state index >= 15 is 0 Å². The Bertz CT molecular complexity index is 1160. The molecule has 0 atom stereocenters. The average Bonchev–Trinajstić information content (AvgIpc) is 3.20. The summed E-state index contributed by atoms with van der Waals surface area (Å²) in [4.78, 5) is 30.0. The first-order valence-electron chi connectivity index (χ1n) is 7.87. The van der Waals surface area contributed by atoms with Gasteiger partial charge in [-0.1, -0.05) is 18.2 Å². The smallest absolute Gasteiger partial charge is 0.340 e. The van der Waals surface area contributed by atoms with Gasteiger partial charge in [0, 0.05) is 36.3 Å². The molecule has 0 bridgehead atoms. The molecule has 4 rings (SSSR count). The summed E-state index contributed by atoms with van der Waals surface area (Å²) in [5.74, 6) is -0.0256. The number of aryl methyl sites for hydroxylation is 1. The molecule has 2 aromatic heterocycles. The van der Waals surface area contributed by atoms with Gasteiger partial charge < -0.3 is 14.3 Å². The molecule has 26 heavy (non-hydrogen) atoms. The van der Waals surface area contributed by atoms with Crippen molar-refractivity contribution < 1.29 is 14.5 Å². The lowest BCUT2D eigenvalue weighted by Gasteiger charge is -2.01. The van der Waals surface area contributed by atoms with Crippen molar-refractivity contribution >= 4 is 33.6 Å². The molecule has 0 saturated heterocycles. The highest BCUT2D eigenvalue weighted by Gasteiger charge is 2.16. The van der Waals surface area contributed by atoms with Crippen LogP contribution in [0.15, 0.2) is 48.7 Å². The van der Waals surface area contributed by atoms with Crippen LogP contribution >= 0.6 is 0 Å². The number of ether oxygens (including phenoxy) is 1. The van der Waals surface area contributed by atoms with E-state index in [0.717, 1.165) is 10.9 Å². The molecular weight excluding hydrogens is 336 g/mol. The minimum atomic E-state index is -0.472. The van der Waals surface area contributed by atoms with E-state index in [1.165, 1.54) is 12.1 Å². The monoisotopic (exact) mass is 350 g/mol. The normalized spacial score (nSPS) is 11.1. The zero-order chi connectivity index (χ0) is 18.3. The molecule has 0 aliphatic carbocycles. The van der Waals surface area contributed by atoms with Crippen molar-refractivity contribution in [3.63, 3.8) is 0 Å². The van der Waals surface area contributed by atoms with Gasteiger partial charge in [-0.3, -0.25) is 10.1 Å². The number of nitro benzene ring substituents is 1. The number of aromatic nitrogens is 3. The van der Waals surface area contributed by atoms with E-state index in [0.29, 0.717) is 22.4 Å². The van der Waals surface area contributed by atoms with Crippen molar-refractivity contribution in [1.82, 2.24) is 14.5 Å². The van der Waals surface area contributed by atoms with Crippen molar-refractivity contribution in [2.75, 3.05) is 0 Å². The molecule has 130 valence electrons. The van der Waals surface area contributed by atoms with Gasteiger partial charge in [0.1, 0.15) is 12.4 Å². The molecule has 0 radical (unpaired) electrons. The predicted molar refractivity (Wildman–Crippen MR) is 94.8 cm³/mol. The standard InChI is InChI=1S/C18H14N4O4/c1-21-9-13(12-4-2-3-5-16(12)21)18(23)26-10-17-19-14-7-6-11(22(24)25)8-15(14)20-17/h2-9H,10H2,1H3,(H,19,20). The fraction of sp³-hybridized carbons (Fsp3) is 0.111. The molecular formula is C18H14N4O4. The largest absolute Gasteiger partial charge is 0.454 e. The first kappa shape index (κ1) is 15.8. The Hall–Kier alpha value is -3.68. The molecule has 4 aromatic rings. The molecule has 1 N–H and O–H groups in total. The third-order valence-electron chi connectivity index (χ3n) is 4.18. The van der Waals surface area contributed by atoms with E-state index in [1.54, 1.807) is 12.3 Å². The van der Waals surface area contributed by atoms with Crippen molar-refractivity contribution in [2.45, 2.75) is 6.61 Å². The van der Waals surface area contributed by atoms with Crippen molar-refractivity contribution in [2.24, 2.45) is 7.05 Å². The average molecular weight is 350 g/mol. The van der Waals surface area contributed by atoms with Gasteiger partial charge in [-0.2, -0.15) is 0 Å². The van der Waals surface area contributed by atoms with Crippen molar-refractivity contribution in [3.8, 4) is 0 Å². The van der Waals surface area contributed by atoms with Gasteiger partial charge in [0.15, 0.2) is 0 Å². The van der Waals surface area contributed by atoms with Crippen LogP contribution in [0, 0.1) is 10.1 Å². The van der Waals surface area contributed by atoms with Crippen LogP contribution in [0.5, 0.6) is 0 Å². The number of para-hydroxylation sites is 1. The van der Waals surface area contributed by atoms with Gasteiger partial charge in [0.2, 0.25) is 0 Å². The molecule has 0 aliphatic heterocycles. The minimum absolute atomic E-state index is 0.0274. The number of aromatic amines is 1. The number of nitrogens with one attached hydrogen (secondary N) is 1. The van der Waals surface area contributed by atoms with Gasteiger partial charge in [0.25, 0.3) is 5.69 Å². The Balaban J connectivity index is 1.55. The van der Waals surface area contributed by atoms with Crippen molar-refractivity contribution in [1.29, 1.82) is 0 Å². The number of H-pyrrole nitrogens is 1. The third-order valence-corrected chi connectivity index (χ3v) is 4.18. The first-order valence-corrected chi connectivity index (χ1v) is 7.87. The summed E-state index contributed by atoms with van der Waals surface area (Å²) >= 11 is 0. The highest BCUT2D eigenvalue weighted by Crippen LogP contribution is 2.22. The molecule has 8 heteroatoms. The number of carbonyl (C=O) groups is 1. The zero-order valence-electron chi connectivity index (χ0n) is 13.8. The highest BCUT2D eigenvalue weighted by molar-refractivity contribution is 6.04. The first-order chi connectivity index (χ1) is 12.5. The predicted octanol–water partition coefficient (Wildman–Crippen LogP) is 3.32. The van der Waals surface area contributed by atoms with E-state index in [9.17, 15) is 14.9 Å². The summed E-state index contributed by atoms with van der Waals surface area (Å²) in [6, 6.07) is 11.9. The maximum atomic E-state index is 12.4. The summed E-state index contributed by atoms with van der Waals surface area (Å²) in [7, 11) is 1.87. The van der Waals surface area contributed by atoms with Crippen LogP contribution in [0.1, 0.15) is 16.2 Å². The van der Waals surface area contributed by atoms with Crippen molar-refractivity contribution in [3.05, 3.63) is 70.2 Å². The molecule has 0 saturated carbocycles. The van der Waals surface area contributed by atoms with Crippen LogP contribution in [-0.4, -0.2) is 25.4 Å². The Morgan fingerprint density at radius 1 is 1.31 bits per heavy atom. The molecule has 0 aliphatic rings. The second-order valence-electron chi connectivity index (χ2n) is 5.89. The molecule has 8 nitrogen and oxygen atoms in total. The molecule has 0 amide bonds. The van der Waals surface area contributed by atoms with Crippen LogP contribution in [-0.2, 0) is 18.4 Å². The number of hydrogen-bond acceptors (Lipinski definition) is 5. The van der Waals surface area contributed by atoms with E-state index in [2.05, 4.69) is 9.97 Å². The van der Waals surface area contributed by atoms with Gasteiger partial charge in [0.05, 0.1) is 21.5 Å². The van der Waals surface area contributed by atoms with Crippen LogP contribution in [0.4, 0.5) is 5.69 Å². The maximum absolute atomic E-state index is 12.4. The Kier molecular flexibility index (Phi) is 3.65. The topological polar surface area (TPSA) is 103 Å². The number of fused-ring (bicyclic) bond motifs is 2. The summed E-state index contributed by atoms with van der Waals surface area (Å²) < 4.78 is 7.23. The summed E-state index contributed by atoms with van der Waals surface area (Å²) in [5, 5.41) is 11.7. The number of carbonyl (C=O) groups excluding carboxylic acids is 1. The number of nitrogens with zero attached hydrogens (tertiary/aromatic N) is 3. The second kappa shape index (κ2) is 5.99. The van der Waals surface area contributed by atoms with Crippen LogP contribution in [0.25, 0.3) is 21.9 Å². The highest BCUT2D eigenvalue weighted by atomic mass is 16.6. The Morgan fingerprint density at radius 2 is 2.12 bits per heavy atom. The van der Waals surface area contributed by atoms with Crippen LogP contribution in [0.2, 0.25) is 0 Å². The number of imidazole rings is 1. The lowest BCUT2D eigenvalue weighted by Crippen LogP contribution is -2.05. The van der Waals surface area contributed by atoms with E-state index in [-0.39, 0.29) is 12.3 Å². The van der Waals surface area contributed by atoms with Gasteiger partial charge >= 0.3 is 5.97 Å². The SMILES string of the molecule is Cn1cc(C(=O)OCc2nc3ccc([N+](=O)[O-])cc3[nH]2)c2ccccc21. The Morgan fingerprint density at radius 3 is 2.92 bits per heavy atom. The number of nitro groups is 1. The van der Waals surface area contributed by atoms with E-state index in [1.807, 2.05) is 35.9 Å². The number of hydrogen-bond donors (Lipinski definition) is 1. The van der Waals surface area contributed by atoms with Crippen LogP contribution in [0.3, 0.4) is 0 Å². The number of esters is 1. The molecule has 0 spiro atoms. The molecule has 0 fully saturated rings. The van der Waals surface area contributed by atoms with Gasteiger partial charge in [-0.25, -0.2) is 9.78 Å². The summed E-state index contributed by atoms with van der Waals surface area (Å²) in [6.45, 7) is -0.0511. The summed E-state index contributed by atoms with van der Waals surface area (Å²) in [5.41, 5.74) is 2.49. The number of non-ortho nitro benzene ring substituents is 1. The van der Waals surface area contributed by atoms with Gasteiger partial charge in [-0.15, -0.1) is 0 Å². The lowest BCUT2D eigenvalue weighted by atomic mass is 10.2. The third kappa shape index (κ3) is 2.67. The Labute approximate surface area is 147 Å². The molecule has 2 aromatic carbocycles. The fourth-order valence-electron chi connectivity index (χ4n) is 2.95. The second-order valence-corrected chi connectivity index (χ2v) is 5.89. The fourth-order valence-corrected chi connectivity index (χ4v) is 2.95. The zero-order valence-corrected chi connectivity index (χ0v) is 13.8. The molecule has 0 unspecified atom stereocenters. The summed E-state index contributed by atoms with van der Waals surface area (Å²) in [6.07, 6.45) is 1.73. The van der Waals surface area contributed by atoms with E-state index in [4.69, 9.17) is 4.74 Å². The lowest BCUT2D eigenvalue weighted by molar-refractivity contribution is -0.384. The minimum Gasteiger partial charge on any atom is -0.454 e. The molecule has 2 heterocycles. The quantitative estimate of drug-likeness (QED) is 0.345. The van der Waals surface area contributed by atoms with Crippen LogP contribution < -0.4 is 0 Å². The number of benzene rings is 2. The number of rotatable bonds is 4. The maximum Gasteiger partial charge on any atom is 0.340 e. The van der Waals surface area contributed by atoms with E-state index < -0.39 is 10.9 Å².